The van der Waals surface area contributed by atoms with Crippen LogP contribution in [-0.2, 0) is 17.8 Å². The van der Waals surface area contributed by atoms with Crippen LogP contribution in [0.5, 0.6) is 0 Å². The fourth-order valence-corrected chi connectivity index (χ4v) is 2.33. The molecule has 2 aromatic rings. The van der Waals surface area contributed by atoms with Gasteiger partial charge in [0.25, 0.3) is 0 Å². The fraction of sp³-hybridized carbons (Fsp3) is 0.278. The van der Waals surface area contributed by atoms with E-state index in [2.05, 4.69) is 31.2 Å². The number of halogens is 1. The SMILES string of the molecule is CCc1ccc(CN(C(=O)CCl)c2ccc(C)cc2)cc1. The number of rotatable bonds is 5. The van der Waals surface area contributed by atoms with Crippen LogP contribution >= 0.6 is 11.6 Å². The first-order valence-electron chi connectivity index (χ1n) is 7.15. The van der Waals surface area contributed by atoms with Crippen molar-refractivity contribution in [3.05, 3.63) is 65.2 Å². The van der Waals surface area contributed by atoms with Crippen molar-refractivity contribution in [2.24, 2.45) is 0 Å². The van der Waals surface area contributed by atoms with Gasteiger partial charge in [-0.3, -0.25) is 4.79 Å². The Morgan fingerprint density at radius 3 is 2.10 bits per heavy atom. The number of carbonyl (C=O) groups excluding carboxylic acids is 1. The lowest BCUT2D eigenvalue weighted by Crippen LogP contribution is -2.31. The van der Waals surface area contributed by atoms with Crippen molar-refractivity contribution in [2.45, 2.75) is 26.8 Å². The van der Waals surface area contributed by atoms with Gasteiger partial charge in [0, 0.05) is 5.69 Å². The summed E-state index contributed by atoms with van der Waals surface area (Å²) in [6.45, 7) is 4.70. The van der Waals surface area contributed by atoms with E-state index in [1.165, 1.54) is 11.1 Å². The van der Waals surface area contributed by atoms with Crippen molar-refractivity contribution in [1.29, 1.82) is 0 Å². The number of anilines is 1. The van der Waals surface area contributed by atoms with Crippen molar-refractivity contribution in [3.8, 4) is 0 Å². The average Bonchev–Trinajstić information content (AvgIpc) is 2.53. The van der Waals surface area contributed by atoms with Crippen molar-refractivity contribution in [1.82, 2.24) is 0 Å². The summed E-state index contributed by atoms with van der Waals surface area (Å²) < 4.78 is 0. The Hall–Kier alpha value is -1.80. The zero-order valence-electron chi connectivity index (χ0n) is 12.5. The molecule has 0 radical (unpaired) electrons. The van der Waals surface area contributed by atoms with Gasteiger partial charge < -0.3 is 4.90 Å². The number of amides is 1. The van der Waals surface area contributed by atoms with Crippen LogP contribution in [0.25, 0.3) is 0 Å². The standard InChI is InChI=1S/C18H20ClNO/c1-3-15-6-8-16(9-7-15)13-20(18(21)12-19)17-10-4-14(2)5-11-17/h4-11H,3,12-13H2,1-2H3. The Balaban J connectivity index is 2.23. The minimum absolute atomic E-state index is 0.0130. The molecule has 110 valence electrons. The molecule has 2 nitrogen and oxygen atoms in total. The van der Waals surface area contributed by atoms with Gasteiger partial charge in [-0.15, -0.1) is 11.6 Å². The summed E-state index contributed by atoms with van der Waals surface area (Å²) >= 11 is 5.75. The first kappa shape index (κ1) is 15.6. The molecule has 0 fully saturated rings. The molecule has 0 aliphatic rings. The Morgan fingerprint density at radius 2 is 1.57 bits per heavy atom. The number of carbonyl (C=O) groups is 1. The molecule has 2 aromatic carbocycles. The zero-order valence-corrected chi connectivity index (χ0v) is 13.2. The van der Waals surface area contributed by atoms with Crippen LogP contribution in [0.2, 0.25) is 0 Å². The number of nitrogens with zero attached hydrogens (tertiary/aromatic N) is 1. The molecule has 0 saturated heterocycles. The molecule has 1 amide bonds. The quantitative estimate of drug-likeness (QED) is 0.753. The maximum atomic E-state index is 12.1. The normalized spacial score (nSPS) is 10.4. The van der Waals surface area contributed by atoms with Crippen LogP contribution in [-0.4, -0.2) is 11.8 Å². The number of benzene rings is 2. The topological polar surface area (TPSA) is 20.3 Å². The Kier molecular flexibility index (Phi) is 5.40. The van der Waals surface area contributed by atoms with Gasteiger partial charge in [0.05, 0.1) is 6.54 Å². The Bertz CT molecular complexity index is 590. The van der Waals surface area contributed by atoms with Gasteiger partial charge in [0.15, 0.2) is 0 Å². The predicted molar refractivity (Wildman–Crippen MR) is 88.9 cm³/mol. The fourth-order valence-electron chi connectivity index (χ4n) is 2.18. The zero-order chi connectivity index (χ0) is 15.2. The van der Waals surface area contributed by atoms with E-state index in [1.807, 2.05) is 31.2 Å². The van der Waals surface area contributed by atoms with Crippen molar-refractivity contribution < 1.29 is 4.79 Å². The van der Waals surface area contributed by atoms with Crippen LogP contribution < -0.4 is 4.90 Å². The molecule has 2 rings (SSSR count). The molecular formula is C18H20ClNO. The van der Waals surface area contributed by atoms with Crippen LogP contribution in [0.4, 0.5) is 5.69 Å². The van der Waals surface area contributed by atoms with Gasteiger partial charge in [0.2, 0.25) is 5.91 Å². The van der Waals surface area contributed by atoms with E-state index in [0.29, 0.717) is 6.54 Å². The van der Waals surface area contributed by atoms with E-state index < -0.39 is 0 Å². The minimum atomic E-state index is -0.0833. The van der Waals surface area contributed by atoms with E-state index >= 15 is 0 Å². The Labute approximate surface area is 131 Å². The summed E-state index contributed by atoms with van der Waals surface area (Å²) in [5.74, 6) is -0.0962. The maximum absolute atomic E-state index is 12.1. The second-order valence-corrected chi connectivity index (χ2v) is 5.39. The number of aryl methyl sites for hydroxylation is 2. The summed E-state index contributed by atoms with van der Waals surface area (Å²) in [4.78, 5) is 13.8. The second-order valence-electron chi connectivity index (χ2n) is 5.12. The summed E-state index contributed by atoms with van der Waals surface area (Å²) in [5.41, 5.74) is 4.45. The van der Waals surface area contributed by atoms with E-state index in [1.54, 1.807) is 4.90 Å². The molecular weight excluding hydrogens is 282 g/mol. The summed E-state index contributed by atoms with van der Waals surface area (Å²) in [7, 11) is 0. The van der Waals surface area contributed by atoms with Crippen molar-refractivity contribution in [3.63, 3.8) is 0 Å². The molecule has 0 unspecified atom stereocenters. The second kappa shape index (κ2) is 7.28. The summed E-state index contributed by atoms with van der Waals surface area (Å²) in [6, 6.07) is 16.3. The van der Waals surface area contributed by atoms with Gasteiger partial charge >= 0.3 is 0 Å². The first-order chi connectivity index (χ1) is 10.1. The van der Waals surface area contributed by atoms with Gasteiger partial charge in [-0.2, -0.15) is 0 Å². The highest BCUT2D eigenvalue weighted by Crippen LogP contribution is 2.19. The number of hydrogen-bond donors (Lipinski definition) is 0. The van der Waals surface area contributed by atoms with Gasteiger partial charge in [-0.05, 0) is 36.6 Å². The molecule has 0 aliphatic carbocycles. The van der Waals surface area contributed by atoms with Crippen LogP contribution in [0.1, 0.15) is 23.6 Å². The third-order valence-electron chi connectivity index (χ3n) is 3.53. The van der Waals surface area contributed by atoms with E-state index in [4.69, 9.17) is 11.6 Å². The molecule has 0 atom stereocenters. The van der Waals surface area contributed by atoms with E-state index in [-0.39, 0.29) is 11.8 Å². The summed E-state index contributed by atoms with van der Waals surface area (Å²) in [5, 5.41) is 0. The molecule has 0 bridgehead atoms. The highest BCUT2D eigenvalue weighted by atomic mass is 35.5. The summed E-state index contributed by atoms with van der Waals surface area (Å²) in [6.07, 6.45) is 1.02. The van der Waals surface area contributed by atoms with E-state index in [0.717, 1.165) is 17.7 Å². The lowest BCUT2D eigenvalue weighted by molar-refractivity contribution is -0.116. The van der Waals surface area contributed by atoms with E-state index in [9.17, 15) is 4.79 Å². The van der Waals surface area contributed by atoms with Gasteiger partial charge in [-0.25, -0.2) is 0 Å². The predicted octanol–water partition coefficient (Wildman–Crippen LogP) is 4.33. The molecule has 0 heterocycles. The molecule has 0 saturated carbocycles. The monoisotopic (exact) mass is 301 g/mol. The lowest BCUT2D eigenvalue weighted by Gasteiger charge is -2.22. The van der Waals surface area contributed by atoms with Crippen molar-refractivity contribution >= 4 is 23.2 Å². The van der Waals surface area contributed by atoms with Gasteiger partial charge in [0.1, 0.15) is 5.88 Å². The minimum Gasteiger partial charge on any atom is -0.307 e. The largest absolute Gasteiger partial charge is 0.307 e. The number of hydrogen-bond acceptors (Lipinski definition) is 1. The highest BCUT2D eigenvalue weighted by Gasteiger charge is 2.15. The maximum Gasteiger partial charge on any atom is 0.242 e. The molecule has 0 spiro atoms. The molecule has 3 heteroatoms. The van der Waals surface area contributed by atoms with Crippen LogP contribution in [0.15, 0.2) is 48.5 Å². The molecule has 0 aliphatic heterocycles. The number of alkyl halides is 1. The highest BCUT2D eigenvalue weighted by molar-refractivity contribution is 6.29. The van der Waals surface area contributed by atoms with Crippen LogP contribution in [0, 0.1) is 6.92 Å². The van der Waals surface area contributed by atoms with Crippen LogP contribution in [0.3, 0.4) is 0 Å². The lowest BCUT2D eigenvalue weighted by atomic mass is 10.1. The smallest absolute Gasteiger partial charge is 0.242 e. The third kappa shape index (κ3) is 4.08. The molecule has 21 heavy (non-hydrogen) atoms. The van der Waals surface area contributed by atoms with Gasteiger partial charge in [-0.1, -0.05) is 48.9 Å². The van der Waals surface area contributed by atoms with Crippen molar-refractivity contribution in [2.75, 3.05) is 10.8 Å². The average molecular weight is 302 g/mol. The molecule has 0 aromatic heterocycles. The molecule has 0 N–H and O–H groups in total. The third-order valence-corrected chi connectivity index (χ3v) is 3.76. The first-order valence-corrected chi connectivity index (χ1v) is 7.68. The Morgan fingerprint density at radius 1 is 1.00 bits per heavy atom.